The molecule has 0 atom stereocenters. The molecular formula is C19H20N4O3S. The van der Waals surface area contributed by atoms with Crippen LogP contribution >= 0.6 is 0 Å². The predicted octanol–water partition coefficient (Wildman–Crippen LogP) is 2.01. The Morgan fingerprint density at radius 1 is 1.04 bits per heavy atom. The van der Waals surface area contributed by atoms with Crippen molar-refractivity contribution in [2.45, 2.75) is 0 Å². The maximum atomic E-state index is 11.8. The number of benzene rings is 1. The maximum absolute atomic E-state index is 11.8. The number of para-hydroxylation sites is 1. The highest BCUT2D eigenvalue weighted by Crippen LogP contribution is 2.20. The maximum Gasteiger partial charge on any atom is 0.154 e. The number of hydrogen-bond acceptors (Lipinski definition) is 7. The number of hydrogen-bond donors (Lipinski definition) is 2. The lowest BCUT2D eigenvalue weighted by Gasteiger charge is -2.10. The van der Waals surface area contributed by atoms with Gasteiger partial charge in [0.1, 0.15) is 5.82 Å². The van der Waals surface area contributed by atoms with Crippen LogP contribution in [0.25, 0.3) is 23.1 Å². The van der Waals surface area contributed by atoms with E-state index in [4.69, 9.17) is 5.11 Å². The second-order valence-electron chi connectivity index (χ2n) is 5.87. The molecule has 27 heavy (non-hydrogen) atoms. The van der Waals surface area contributed by atoms with Crippen LogP contribution < -0.4 is 5.32 Å². The second kappa shape index (κ2) is 8.70. The average molecular weight is 384 g/mol. The largest absolute Gasteiger partial charge is 0.395 e. The van der Waals surface area contributed by atoms with Crippen molar-refractivity contribution in [3.8, 4) is 0 Å². The minimum absolute atomic E-state index is 0.0766. The Balaban J connectivity index is 1.84. The van der Waals surface area contributed by atoms with Gasteiger partial charge in [0.25, 0.3) is 0 Å². The first-order valence-electron chi connectivity index (χ1n) is 8.47. The van der Waals surface area contributed by atoms with Crippen LogP contribution in [0.1, 0.15) is 11.4 Å². The number of sulfone groups is 1. The summed E-state index contributed by atoms with van der Waals surface area (Å²) in [7, 11) is -3.29. The van der Waals surface area contributed by atoms with Gasteiger partial charge in [-0.3, -0.25) is 4.98 Å². The van der Waals surface area contributed by atoms with Crippen molar-refractivity contribution in [2.75, 3.05) is 30.0 Å². The van der Waals surface area contributed by atoms with Crippen LogP contribution in [0, 0.1) is 0 Å². The SMILES string of the molecule is O=S(=O)(CCO)CCNc1nc(/C=C/c2cccnc2)nc2ccccc12. The number of pyridine rings is 1. The lowest BCUT2D eigenvalue weighted by atomic mass is 10.2. The number of anilines is 1. The molecule has 0 saturated carbocycles. The first-order valence-corrected chi connectivity index (χ1v) is 10.3. The molecule has 0 spiro atoms. The van der Waals surface area contributed by atoms with Crippen LogP contribution in [0.3, 0.4) is 0 Å². The first-order chi connectivity index (χ1) is 13.1. The third-order valence-corrected chi connectivity index (χ3v) is 5.47. The van der Waals surface area contributed by atoms with Gasteiger partial charge in [0.15, 0.2) is 15.7 Å². The van der Waals surface area contributed by atoms with Crippen LogP contribution in [0.2, 0.25) is 0 Å². The van der Waals surface area contributed by atoms with Crippen molar-refractivity contribution in [3.05, 3.63) is 60.2 Å². The van der Waals surface area contributed by atoms with Crippen LogP contribution in [0.4, 0.5) is 5.82 Å². The molecular weight excluding hydrogens is 364 g/mol. The van der Waals surface area contributed by atoms with E-state index in [1.165, 1.54) is 0 Å². The Morgan fingerprint density at radius 2 is 1.89 bits per heavy atom. The fourth-order valence-electron chi connectivity index (χ4n) is 2.52. The van der Waals surface area contributed by atoms with Crippen molar-refractivity contribution < 1.29 is 13.5 Å². The van der Waals surface area contributed by atoms with Gasteiger partial charge in [-0.15, -0.1) is 0 Å². The molecule has 0 unspecified atom stereocenters. The second-order valence-corrected chi connectivity index (χ2v) is 8.17. The molecule has 0 saturated heterocycles. The van der Waals surface area contributed by atoms with E-state index in [9.17, 15) is 8.42 Å². The van der Waals surface area contributed by atoms with E-state index in [0.717, 1.165) is 16.5 Å². The number of aliphatic hydroxyl groups is 1. The summed E-state index contributed by atoms with van der Waals surface area (Å²) in [5.41, 5.74) is 1.69. The number of rotatable bonds is 8. The normalized spacial score (nSPS) is 11.9. The van der Waals surface area contributed by atoms with Crippen molar-refractivity contribution >= 4 is 38.7 Å². The van der Waals surface area contributed by atoms with E-state index < -0.39 is 9.84 Å². The molecule has 0 fully saturated rings. The molecule has 0 amide bonds. The minimum Gasteiger partial charge on any atom is -0.395 e. The summed E-state index contributed by atoms with van der Waals surface area (Å²) in [6.07, 6.45) is 7.10. The standard InChI is InChI=1S/C19H20N4O3S/c24-11-13-27(25,26)12-10-21-19-16-5-1-2-6-17(16)22-18(23-19)8-7-15-4-3-9-20-14-15/h1-9,14,24H,10-13H2,(H,21,22,23)/b8-7+. The zero-order chi connectivity index (χ0) is 19.1. The number of fused-ring (bicyclic) bond motifs is 1. The zero-order valence-electron chi connectivity index (χ0n) is 14.6. The number of nitrogens with zero attached hydrogens (tertiary/aromatic N) is 3. The van der Waals surface area contributed by atoms with E-state index >= 15 is 0 Å². The Kier molecular flexibility index (Phi) is 6.10. The average Bonchev–Trinajstić information content (AvgIpc) is 2.67. The quantitative estimate of drug-likeness (QED) is 0.612. The van der Waals surface area contributed by atoms with Gasteiger partial charge in [0.2, 0.25) is 0 Å². The molecule has 2 N–H and O–H groups in total. The molecule has 1 aromatic carbocycles. The molecule has 8 heteroatoms. The molecule has 3 rings (SSSR count). The monoisotopic (exact) mass is 384 g/mol. The van der Waals surface area contributed by atoms with Crippen molar-refractivity contribution in [3.63, 3.8) is 0 Å². The van der Waals surface area contributed by atoms with Crippen LogP contribution in [0.15, 0.2) is 48.8 Å². The third-order valence-electron chi connectivity index (χ3n) is 3.84. The highest BCUT2D eigenvalue weighted by molar-refractivity contribution is 7.91. The van der Waals surface area contributed by atoms with Crippen molar-refractivity contribution in [1.82, 2.24) is 15.0 Å². The fourth-order valence-corrected chi connectivity index (χ4v) is 3.41. The third kappa shape index (κ3) is 5.32. The lowest BCUT2D eigenvalue weighted by molar-refractivity contribution is 0.319. The van der Waals surface area contributed by atoms with Crippen molar-refractivity contribution in [1.29, 1.82) is 0 Å². The topological polar surface area (TPSA) is 105 Å². The summed E-state index contributed by atoms with van der Waals surface area (Å²) in [6.45, 7) is -0.169. The molecule has 0 aliphatic rings. The van der Waals surface area contributed by atoms with Crippen molar-refractivity contribution in [2.24, 2.45) is 0 Å². The summed E-state index contributed by atoms with van der Waals surface area (Å²) < 4.78 is 23.5. The van der Waals surface area contributed by atoms with Gasteiger partial charge in [-0.25, -0.2) is 18.4 Å². The Labute approximate surface area is 157 Å². The molecule has 3 aromatic rings. The summed E-state index contributed by atoms with van der Waals surface area (Å²) in [6, 6.07) is 11.3. The smallest absolute Gasteiger partial charge is 0.154 e. The summed E-state index contributed by atoms with van der Waals surface area (Å²) in [5.74, 6) is 0.773. The molecule has 140 valence electrons. The molecule has 0 bridgehead atoms. The first kappa shape index (κ1) is 18.9. The molecule has 2 heterocycles. The Bertz CT molecular complexity index is 1040. The van der Waals surface area contributed by atoms with Crippen LogP contribution in [0.5, 0.6) is 0 Å². The number of aliphatic hydroxyl groups excluding tert-OH is 1. The van der Waals surface area contributed by atoms with Crippen LogP contribution in [-0.2, 0) is 9.84 Å². The van der Waals surface area contributed by atoms with Gasteiger partial charge < -0.3 is 10.4 Å². The van der Waals surface area contributed by atoms with E-state index in [1.807, 2.05) is 42.5 Å². The minimum atomic E-state index is -3.29. The highest BCUT2D eigenvalue weighted by atomic mass is 32.2. The summed E-state index contributed by atoms with van der Waals surface area (Å²) in [5, 5.41) is 12.7. The zero-order valence-corrected chi connectivity index (χ0v) is 15.4. The summed E-state index contributed by atoms with van der Waals surface area (Å²) in [4.78, 5) is 13.1. The molecule has 0 aliphatic heterocycles. The highest BCUT2D eigenvalue weighted by Gasteiger charge is 2.11. The lowest BCUT2D eigenvalue weighted by Crippen LogP contribution is -2.20. The van der Waals surface area contributed by atoms with E-state index in [2.05, 4.69) is 20.3 Å². The van der Waals surface area contributed by atoms with Crippen LogP contribution in [-0.4, -0.2) is 53.1 Å². The predicted molar refractivity (Wildman–Crippen MR) is 107 cm³/mol. The van der Waals surface area contributed by atoms with Gasteiger partial charge in [0.05, 0.1) is 23.6 Å². The van der Waals surface area contributed by atoms with Gasteiger partial charge in [0, 0.05) is 24.3 Å². The van der Waals surface area contributed by atoms with Gasteiger partial charge in [-0.1, -0.05) is 18.2 Å². The number of nitrogens with one attached hydrogen (secondary N) is 1. The molecule has 7 nitrogen and oxygen atoms in total. The molecule has 2 aromatic heterocycles. The molecule has 0 radical (unpaired) electrons. The van der Waals surface area contributed by atoms with Gasteiger partial charge in [-0.2, -0.15) is 0 Å². The Morgan fingerprint density at radius 3 is 2.67 bits per heavy atom. The van der Waals surface area contributed by atoms with E-state index in [0.29, 0.717) is 11.6 Å². The van der Waals surface area contributed by atoms with Gasteiger partial charge >= 0.3 is 0 Å². The summed E-state index contributed by atoms with van der Waals surface area (Å²) >= 11 is 0. The van der Waals surface area contributed by atoms with E-state index in [1.54, 1.807) is 18.5 Å². The Hall–Kier alpha value is -2.84. The van der Waals surface area contributed by atoms with E-state index in [-0.39, 0.29) is 24.7 Å². The number of aromatic nitrogens is 3. The fraction of sp³-hybridized carbons (Fsp3) is 0.211. The molecule has 0 aliphatic carbocycles. The van der Waals surface area contributed by atoms with Gasteiger partial charge in [-0.05, 0) is 35.9 Å².